The predicted octanol–water partition coefficient (Wildman–Crippen LogP) is 5.48. The molecule has 0 amide bonds. The van der Waals surface area contributed by atoms with E-state index in [1.165, 1.54) is 36.1 Å². The summed E-state index contributed by atoms with van der Waals surface area (Å²) in [6.07, 6.45) is -0.163. The number of hydrogen-bond donors (Lipinski definition) is 2. The zero-order chi connectivity index (χ0) is 23.4. The van der Waals surface area contributed by atoms with Gasteiger partial charge < -0.3 is 14.4 Å². The number of fused-ring (bicyclic) bond motifs is 2. The van der Waals surface area contributed by atoms with E-state index in [1.807, 2.05) is 0 Å². The number of nitrogens with zero attached hydrogens (tertiary/aromatic N) is 2. The van der Waals surface area contributed by atoms with Crippen molar-refractivity contribution in [3.8, 4) is 11.4 Å². The van der Waals surface area contributed by atoms with Crippen LogP contribution in [0, 0.1) is 11.6 Å². The Morgan fingerprint density at radius 2 is 2.00 bits per heavy atom. The summed E-state index contributed by atoms with van der Waals surface area (Å²) in [5, 5.41) is 15.2. The van der Waals surface area contributed by atoms with Crippen LogP contribution < -0.4 is 4.74 Å². The number of nitrogens with one attached hydrogen (secondary N) is 1. The van der Waals surface area contributed by atoms with E-state index in [9.17, 15) is 9.18 Å². The summed E-state index contributed by atoms with van der Waals surface area (Å²) >= 11 is 0. The van der Waals surface area contributed by atoms with Gasteiger partial charge in [-0.3, -0.25) is 9.89 Å². The number of benzene rings is 2. The van der Waals surface area contributed by atoms with Gasteiger partial charge in [-0.1, -0.05) is 13.8 Å². The molecule has 2 N–H and O–H groups in total. The molecular formula is C22H19F4N3O3. The Morgan fingerprint density at radius 3 is 2.62 bits per heavy atom. The molecule has 0 fully saturated rings. The molecule has 4 aromatic rings. The molecule has 0 aliphatic heterocycles. The number of aliphatic carboxylic acids is 1. The molecule has 0 aliphatic rings. The third-order valence-corrected chi connectivity index (χ3v) is 5.32. The van der Waals surface area contributed by atoms with Crippen LogP contribution in [-0.2, 0) is 10.7 Å². The van der Waals surface area contributed by atoms with Gasteiger partial charge in [-0.25, -0.2) is 17.6 Å². The van der Waals surface area contributed by atoms with E-state index in [2.05, 4.69) is 10.2 Å². The minimum atomic E-state index is -3.88. The molecule has 2 aromatic heterocycles. The van der Waals surface area contributed by atoms with Crippen LogP contribution in [0.4, 0.5) is 17.6 Å². The molecule has 0 atom stereocenters. The van der Waals surface area contributed by atoms with Crippen molar-refractivity contribution in [2.75, 3.05) is 7.11 Å². The van der Waals surface area contributed by atoms with Crippen LogP contribution in [0.2, 0.25) is 0 Å². The number of carboxylic acid groups (broad SMARTS) is 1. The first-order valence-corrected chi connectivity index (χ1v) is 9.70. The van der Waals surface area contributed by atoms with Gasteiger partial charge in [-0.2, -0.15) is 5.10 Å². The number of carboxylic acids is 1. The van der Waals surface area contributed by atoms with Crippen molar-refractivity contribution < 1.29 is 32.2 Å². The molecule has 32 heavy (non-hydrogen) atoms. The Morgan fingerprint density at radius 1 is 1.28 bits per heavy atom. The fraction of sp³-hybridized carbons (Fsp3) is 0.273. The maximum Gasteiger partial charge on any atom is 0.309 e. The molecule has 0 radical (unpaired) electrons. The van der Waals surface area contributed by atoms with Gasteiger partial charge in [0, 0.05) is 28.2 Å². The summed E-state index contributed by atoms with van der Waals surface area (Å²) in [7, 11) is 1.26. The second kappa shape index (κ2) is 7.54. The number of ether oxygens (including phenoxy) is 1. The summed E-state index contributed by atoms with van der Waals surface area (Å²) < 4.78 is 66.7. The molecule has 0 saturated heterocycles. The van der Waals surface area contributed by atoms with Crippen molar-refractivity contribution in [3.63, 3.8) is 0 Å². The fourth-order valence-corrected chi connectivity index (χ4v) is 4.08. The van der Waals surface area contributed by atoms with Gasteiger partial charge in [0.05, 0.1) is 24.4 Å². The van der Waals surface area contributed by atoms with Crippen LogP contribution in [0.15, 0.2) is 30.5 Å². The number of carbonyl (C=O) groups is 1. The van der Waals surface area contributed by atoms with Gasteiger partial charge in [0.15, 0.2) is 17.4 Å². The SMILES string of the molecule is COc1cc(-n2c(C(C)C)c(C(F)(F)CC(=O)O)c3c(F)c4[nH]ncc4cc32)ccc1F. The summed E-state index contributed by atoms with van der Waals surface area (Å²) in [6, 6.07) is 5.28. The minimum Gasteiger partial charge on any atom is -0.494 e. The topological polar surface area (TPSA) is 80.1 Å². The molecule has 0 saturated carbocycles. The second-order valence-electron chi connectivity index (χ2n) is 7.76. The molecule has 6 nitrogen and oxygen atoms in total. The van der Waals surface area contributed by atoms with Crippen LogP contribution in [0.25, 0.3) is 27.5 Å². The van der Waals surface area contributed by atoms with Crippen molar-refractivity contribution in [2.24, 2.45) is 0 Å². The highest BCUT2D eigenvalue weighted by Crippen LogP contribution is 2.46. The molecular weight excluding hydrogens is 430 g/mol. The summed E-state index contributed by atoms with van der Waals surface area (Å²) in [6.45, 7) is 3.27. The van der Waals surface area contributed by atoms with E-state index in [0.717, 1.165) is 6.07 Å². The van der Waals surface area contributed by atoms with E-state index in [1.54, 1.807) is 13.8 Å². The van der Waals surface area contributed by atoms with E-state index >= 15 is 13.2 Å². The van der Waals surface area contributed by atoms with Gasteiger partial charge in [0.2, 0.25) is 0 Å². The number of aromatic amines is 1. The zero-order valence-corrected chi connectivity index (χ0v) is 17.3. The monoisotopic (exact) mass is 449 g/mol. The molecule has 0 bridgehead atoms. The van der Waals surface area contributed by atoms with Gasteiger partial charge in [0.25, 0.3) is 5.92 Å². The number of hydrogen-bond acceptors (Lipinski definition) is 3. The molecule has 10 heteroatoms. The Hall–Kier alpha value is -3.56. The highest BCUT2D eigenvalue weighted by molar-refractivity contribution is 6.00. The average Bonchev–Trinajstić information content (AvgIpc) is 3.31. The quantitative estimate of drug-likeness (QED) is 0.382. The van der Waals surface area contributed by atoms with Crippen LogP contribution in [0.1, 0.15) is 37.4 Å². The van der Waals surface area contributed by atoms with Crippen LogP contribution in [-0.4, -0.2) is 33.0 Å². The maximum atomic E-state index is 15.6. The number of aromatic nitrogens is 3. The van der Waals surface area contributed by atoms with E-state index in [-0.39, 0.29) is 28.2 Å². The molecule has 2 heterocycles. The first-order valence-electron chi connectivity index (χ1n) is 9.70. The van der Waals surface area contributed by atoms with Gasteiger partial charge in [0.1, 0.15) is 11.9 Å². The Bertz CT molecular complexity index is 1360. The zero-order valence-electron chi connectivity index (χ0n) is 17.3. The summed E-state index contributed by atoms with van der Waals surface area (Å²) in [4.78, 5) is 11.2. The summed E-state index contributed by atoms with van der Waals surface area (Å²) in [5.74, 6) is -7.92. The normalized spacial score (nSPS) is 12.2. The largest absolute Gasteiger partial charge is 0.494 e. The lowest BCUT2D eigenvalue weighted by atomic mass is 9.95. The van der Waals surface area contributed by atoms with Crippen LogP contribution >= 0.6 is 0 Å². The summed E-state index contributed by atoms with van der Waals surface area (Å²) in [5.41, 5.74) is -0.443. The molecule has 0 spiro atoms. The van der Waals surface area contributed by atoms with Crippen molar-refractivity contribution >= 4 is 27.8 Å². The Labute approximate surface area is 179 Å². The molecule has 2 aromatic carbocycles. The van der Waals surface area contributed by atoms with Gasteiger partial charge in [-0.05, 0) is 24.1 Å². The first-order chi connectivity index (χ1) is 15.1. The van der Waals surface area contributed by atoms with E-state index in [0.29, 0.717) is 5.39 Å². The van der Waals surface area contributed by atoms with Crippen LogP contribution in [0.3, 0.4) is 0 Å². The number of H-pyrrole nitrogens is 1. The lowest BCUT2D eigenvalue weighted by Crippen LogP contribution is -2.21. The third kappa shape index (κ3) is 3.26. The first kappa shape index (κ1) is 21.7. The third-order valence-electron chi connectivity index (χ3n) is 5.32. The van der Waals surface area contributed by atoms with E-state index < -0.39 is 46.8 Å². The average molecular weight is 449 g/mol. The standard InChI is InChI=1S/C22H19F4N3O3/c1-10(2)21-18(22(25,26)8-16(30)31)17-14(6-11-9-27-28-20(11)19(17)24)29(21)12-4-5-13(23)15(7-12)32-3/h4-7,9-10H,8H2,1-3H3,(H,27,28)(H,30,31). The second-order valence-corrected chi connectivity index (χ2v) is 7.76. The van der Waals surface area contributed by atoms with Crippen molar-refractivity contribution in [3.05, 3.63) is 53.4 Å². The molecule has 4 rings (SSSR count). The number of halogens is 4. The highest BCUT2D eigenvalue weighted by Gasteiger charge is 2.43. The minimum absolute atomic E-state index is 0.0134. The smallest absolute Gasteiger partial charge is 0.309 e. The predicted molar refractivity (Wildman–Crippen MR) is 110 cm³/mol. The Balaban J connectivity index is 2.22. The van der Waals surface area contributed by atoms with Crippen molar-refractivity contribution in [2.45, 2.75) is 32.1 Å². The number of methoxy groups -OCH3 is 1. The van der Waals surface area contributed by atoms with Crippen molar-refractivity contribution in [1.82, 2.24) is 14.8 Å². The lowest BCUT2D eigenvalue weighted by Gasteiger charge is -2.20. The van der Waals surface area contributed by atoms with Gasteiger partial charge in [-0.15, -0.1) is 0 Å². The van der Waals surface area contributed by atoms with Crippen molar-refractivity contribution in [1.29, 1.82) is 0 Å². The van der Waals surface area contributed by atoms with Gasteiger partial charge >= 0.3 is 5.97 Å². The van der Waals surface area contributed by atoms with E-state index in [4.69, 9.17) is 9.84 Å². The fourth-order valence-electron chi connectivity index (χ4n) is 4.08. The molecule has 168 valence electrons. The Kier molecular flexibility index (Phi) is 5.10. The number of alkyl halides is 2. The molecule has 0 unspecified atom stereocenters. The van der Waals surface area contributed by atoms with Crippen LogP contribution in [0.5, 0.6) is 5.75 Å². The lowest BCUT2D eigenvalue weighted by molar-refractivity contribution is -0.145. The number of rotatable bonds is 6. The maximum absolute atomic E-state index is 15.6. The highest BCUT2D eigenvalue weighted by atomic mass is 19.3. The molecule has 0 aliphatic carbocycles.